The van der Waals surface area contributed by atoms with E-state index in [1.807, 2.05) is 61.5 Å². The monoisotopic (exact) mass is 552 g/mol. The summed E-state index contributed by atoms with van der Waals surface area (Å²) < 4.78 is 6.40. The third kappa shape index (κ3) is 4.38. The van der Waals surface area contributed by atoms with E-state index in [9.17, 15) is 5.11 Å². The fourth-order valence-corrected chi connectivity index (χ4v) is 5.17. The molecule has 1 heterocycles. The third-order valence-corrected chi connectivity index (χ3v) is 7.45. The van der Waals surface area contributed by atoms with Gasteiger partial charge in [0.25, 0.3) is 0 Å². The van der Waals surface area contributed by atoms with Gasteiger partial charge in [-0.25, -0.2) is 4.98 Å². The largest absolute Gasteiger partial charge is 0.455 e. The Labute approximate surface area is 228 Å². The summed E-state index contributed by atoms with van der Waals surface area (Å²) in [5, 5.41) is 16.2. The fraction of sp³-hybridized carbons (Fsp3) is 0.0690. The van der Waals surface area contributed by atoms with Crippen LogP contribution in [0.1, 0.15) is 11.1 Å². The molecule has 5 aromatic rings. The lowest BCUT2D eigenvalue weighted by molar-refractivity contribution is 0.352. The summed E-state index contributed by atoms with van der Waals surface area (Å²) in [5.74, 6) is 0.866. The maximum absolute atomic E-state index is 13.2. The van der Waals surface area contributed by atoms with Gasteiger partial charge in [-0.05, 0) is 54.4 Å². The standard InChI is InChI=1S/C29H18Cl4NO2/c1-15-7-3-6-10-24(15)36-28-21(30)11-17-8-4-5-9-19(17)26(28)20-13-23(35)16(2)25(27(20)32)18-12-22(31)29(33)34-14-18/h3-14H,1-2H3. The highest BCUT2D eigenvalue weighted by atomic mass is 35.5. The normalized spacial score (nSPS) is 11.2. The summed E-state index contributed by atoms with van der Waals surface area (Å²) >= 11 is 26.1. The van der Waals surface area contributed by atoms with Crippen LogP contribution in [0.25, 0.3) is 33.0 Å². The third-order valence-electron chi connectivity index (χ3n) is 6.09. The molecule has 36 heavy (non-hydrogen) atoms. The number of aromatic nitrogens is 1. The molecule has 0 aliphatic carbocycles. The van der Waals surface area contributed by atoms with Crippen molar-refractivity contribution in [1.82, 2.24) is 4.98 Å². The Kier molecular flexibility index (Phi) is 6.76. The molecule has 7 heteroatoms. The quantitative estimate of drug-likeness (QED) is 0.208. The van der Waals surface area contributed by atoms with Crippen LogP contribution in [0.3, 0.4) is 0 Å². The van der Waals surface area contributed by atoms with E-state index in [1.165, 1.54) is 6.07 Å². The molecule has 5 rings (SSSR count). The van der Waals surface area contributed by atoms with Crippen LogP contribution in [-0.4, -0.2) is 4.98 Å². The Morgan fingerprint density at radius 1 is 0.806 bits per heavy atom. The molecule has 0 bridgehead atoms. The zero-order valence-corrected chi connectivity index (χ0v) is 22.2. The predicted molar refractivity (Wildman–Crippen MR) is 149 cm³/mol. The van der Waals surface area contributed by atoms with Crippen LogP contribution in [0.15, 0.2) is 72.9 Å². The van der Waals surface area contributed by atoms with Gasteiger partial charge in [-0.2, -0.15) is 0 Å². The Morgan fingerprint density at radius 2 is 1.53 bits per heavy atom. The second-order valence-electron chi connectivity index (χ2n) is 8.38. The van der Waals surface area contributed by atoms with Crippen molar-refractivity contribution in [3.8, 4) is 39.5 Å². The summed E-state index contributed by atoms with van der Waals surface area (Å²) in [7, 11) is 0. The van der Waals surface area contributed by atoms with Crippen molar-refractivity contribution in [3.63, 3.8) is 0 Å². The highest BCUT2D eigenvalue weighted by molar-refractivity contribution is 6.41. The summed E-state index contributed by atoms with van der Waals surface area (Å²) in [5.41, 5.74) is 3.63. The Balaban J connectivity index is 1.85. The minimum absolute atomic E-state index is 0.169. The highest BCUT2D eigenvalue weighted by Gasteiger charge is 2.24. The first kappa shape index (κ1) is 24.7. The Morgan fingerprint density at radius 3 is 2.28 bits per heavy atom. The van der Waals surface area contributed by atoms with Gasteiger partial charge in [0.1, 0.15) is 10.9 Å². The van der Waals surface area contributed by atoms with E-state index in [0.29, 0.717) is 49.4 Å². The molecule has 0 unspecified atom stereocenters. The number of halogens is 4. The topological polar surface area (TPSA) is 42.0 Å². The number of ether oxygens (including phenoxy) is 1. The van der Waals surface area contributed by atoms with E-state index < -0.39 is 0 Å². The molecule has 1 aromatic heterocycles. The average Bonchev–Trinajstić information content (AvgIpc) is 2.86. The van der Waals surface area contributed by atoms with E-state index in [-0.39, 0.29) is 15.9 Å². The van der Waals surface area contributed by atoms with Crippen LogP contribution in [0.5, 0.6) is 17.2 Å². The smallest absolute Gasteiger partial charge is 0.182 e. The van der Waals surface area contributed by atoms with Crippen molar-refractivity contribution >= 4 is 57.2 Å². The van der Waals surface area contributed by atoms with Crippen molar-refractivity contribution in [2.24, 2.45) is 0 Å². The van der Waals surface area contributed by atoms with Crippen molar-refractivity contribution in [3.05, 3.63) is 104 Å². The van der Waals surface area contributed by atoms with Gasteiger partial charge in [-0.15, -0.1) is 0 Å². The molecule has 3 nitrogen and oxygen atoms in total. The van der Waals surface area contributed by atoms with Crippen LogP contribution in [0, 0.1) is 13.8 Å². The molecule has 0 saturated heterocycles. The van der Waals surface area contributed by atoms with Crippen molar-refractivity contribution < 1.29 is 9.84 Å². The molecule has 4 aromatic carbocycles. The lowest BCUT2D eigenvalue weighted by Gasteiger charge is -2.20. The van der Waals surface area contributed by atoms with Crippen molar-refractivity contribution in [2.45, 2.75) is 13.8 Å². The van der Waals surface area contributed by atoms with E-state index in [2.05, 4.69) is 4.98 Å². The van der Waals surface area contributed by atoms with Crippen molar-refractivity contribution in [2.75, 3.05) is 0 Å². The number of fused-ring (bicyclic) bond motifs is 1. The zero-order chi connectivity index (χ0) is 25.6. The summed E-state index contributed by atoms with van der Waals surface area (Å²) in [6, 6.07) is 20.4. The average molecular weight is 554 g/mol. The van der Waals surface area contributed by atoms with Gasteiger partial charge < -0.3 is 4.74 Å². The number of pyridine rings is 1. The molecule has 0 aliphatic rings. The predicted octanol–water partition coefficient (Wildman–Crippen LogP) is 10.7. The van der Waals surface area contributed by atoms with Gasteiger partial charge in [0.05, 0.1) is 15.1 Å². The van der Waals surface area contributed by atoms with Crippen molar-refractivity contribution in [1.29, 1.82) is 0 Å². The van der Waals surface area contributed by atoms with Gasteiger partial charge in [-0.1, -0.05) is 88.9 Å². The first-order valence-corrected chi connectivity index (χ1v) is 12.5. The van der Waals surface area contributed by atoms with E-state index >= 15 is 0 Å². The summed E-state index contributed by atoms with van der Waals surface area (Å²) in [4.78, 5) is 4.14. The number of nitrogens with zero attached hydrogens (tertiary/aromatic N) is 1. The van der Waals surface area contributed by atoms with Gasteiger partial charge in [-0.3, -0.25) is 5.11 Å². The molecule has 179 valence electrons. The maximum atomic E-state index is 13.2. The zero-order valence-electron chi connectivity index (χ0n) is 19.2. The van der Waals surface area contributed by atoms with E-state index in [0.717, 1.165) is 16.3 Å². The number of rotatable bonds is 4. The molecule has 1 radical (unpaired) electrons. The number of para-hydroxylation sites is 1. The molecular weight excluding hydrogens is 536 g/mol. The van der Waals surface area contributed by atoms with Gasteiger partial charge in [0.2, 0.25) is 0 Å². The molecule has 0 amide bonds. The molecule has 0 N–H and O–H groups in total. The van der Waals surface area contributed by atoms with Crippen LogP contribution >= 0.6 is 46.4 Å². The van der Waals surface area contributed by atoms with E-state index in [4.69, 9.17) is 51.1 Å². The second-order valence-corrected chi connectivity index (χ2v) is 9.93. The van der Waals surface area contributed by atoms with Crippen LogP contribution in [0.4, 0.5) is 0 Å². The second kappa shape index (κ2) is 9.84. The molecule has 0 fully saturated rings. The fourth-order valence-electron chi connectivity index (χ4n) is 4.25. The first-order chi connectivity index (χ1) is 17.3. The van der Waals surface area contributed by atoms with Gasteiger partial charge >= 0.3 is 0 Å². The number of benzene rings is 4. The number of aryl methyl sites for hydroxylation is 1. The lowest BCUT2D eigenvalue weighted by atomic mass is 9.91. The number of hydrogen-bond acceptors (Lipinski definition) is 2. The van der Waals surface area contributed by atoms with Gasteiger partial charge in [0.15, 0.2) is 11.5 Å². The maximum Gasteiger partial charge on any atom is 0.182 e. The SMILES string of the molecule is Cc1ccccc1Oc1c(Cl)cc2ccccc2c1-c1cc([O])c(C)c(-c2cnc(Cl)c(Cl)c2)c1Cl. The van der Waals surface area contributed by atoms with Crippen LogP contribution in [-0.2, 0) is 5.11 Å². The molecule has 0 aliphatic heterocycles. The molecule has 0 saturated carbocycles. The molecular formula is C29H18Cl4NO2. The highest BCUT2D eigenvalue weighted by Crippen LogP contribution is 2.51. The first-order valence-electron chi connectivity index (χ1n) is 11.0. The van der Waals surface area contributed by atoms with Crippen LogP contribution < -0.4 is 4.74 Å². The van der Waals surface area contributed by atoms with Crippen LogP contribution in [0.2, 0.25) is 20.2 Å². The molecule has 0 spiro atoms. The Hall–Kier alpha value is -2.95. The minimum Gasteiger partial charge on any atom is -0.455 e. The number of hydrogen-bond donors (Lipinski definition) is 0. The molecule has 0 atom stereocenters. The van der Waals surface area contributed by atoms with E-state index in [1.54, 1.807) is 19.2 Å². The minimum atomic E-state index is -0.193. The summed E-state index contributed by atoms with van der Waals surface area (Å²) in [6.45, 7) is 3.67. The Bertz CT molecular complexity index is 1650. The lowest BCUT2D eigenvalue weighted by Crippen LogP contribution is -1.96. The summed E-state index contributed by atoms with van der Waals surface area (Å²) in [6.07, 6.45) is 1.55. The van der Waals surface area contributed by atoms with Gasteiger partial charge in [0, 0.05) is 34.0 Å².